The molecule has 0 fully saturated rings. The molecule has 0 aliphatic heterocycles. The minimum Gasteiger partial charge on any atom is -0.454 e. The third-order valence-electron chi connectivity index (χ3n) is 6.46. The summed E-state index contributed by atoms with van der Waals surface area (Å²) >= 11 is 1.16. The lowest BCUT2D eigenvalue weighted by Crippen LogP contribution is -2.45. The van der Waals surface area contributed by atoms with Gasteiger partial charge >= 0.3 is 5.97 Å². The highest BCUT2D eigenvalue weighted by atomic mass is 32.2. The zero-order valence-electron chi connectivity index (χ0n) is 21.9. The van der Waals surface area contributed by atoms with Crippen molar-refractivity contribution >= 4 is 42.4 Å². The normalized spacial score (nSPS) is 13.9. The predicted octanol–water partition coefficient (Wildman–Crippen LogP) is 4.16. The van der Waals surface area contributed by atoms with Crippen LogP contribution < -0.4 is 0 Å². The fourth-order valence-electron chi connectivity index (χ4n) is 3.18. The first-order valence-corrected chi connectivity index (χ1v) is 11.9. The van der Waals surface area contributed by atoms with Crippen LogP contribution in [0.25, 0.3) is 0 Å². The van der Waals surface area contributed by atoms with Crippen molar-refractivity contribution in [2.45, 2.75) is 81.3 Å². The van der Waals surface area contributed by atoms with Crippen molar-refractivity contribution < 1.29 is 23.9 Å². The predicted molar refractivity (Wildman–Crippen MR) is 131 cm³/mol. The molecule has 0 unspecified atom stereocenters. The first-order chi connectivity index (χ1) is 14.2. The van der Waals surface area contributed by atoms with Gasteiger partial charge in [0.25, 0.3) is 0 Å². The van der Waals surface area contributed by atoms with Crippen LogP contribution in [0.5, 0.6) is 0 Å². The first-order valence-electron chi connectivity index (χ1n) is 10.7. The highest BCUT2D eigenvalue weighted by Crippen LogP contribution is 2.38. The van der Waals surface area contributed by atoms with Crippen molar-refractivity contribution in [2.75, 3.05) is 19.7 Å². The van der Waals surface area contributed by atoms with E-state index in [2.05, 4.69) is 0 Å². The van der Waals surface area contributed by atoms with E-state index in [9.17, 15) is 19.2 Å². The van der Waals surface area contributed by atoms with E-state index in [1.807, 2.05) is 27.7 Å². The zero-order chi connectivity index (χ0) is 25.9. The van der Waals surface area contributed by atoms with E-state index in [-0.39, 0.29) is 23.9 Å². The van der Waals surface area contributed by atoms with Gasteiger partial charge in [-0.2, -0.15) is 0 Å². The molecule has 0 spiro atoms. The van der Waals surface area contributed by atoms with Gasteiger partial charge in [0, 0.05) is 13.5 Å². The molecule has 32 heavy (non-hydrogen) atoms. The Morgan fingerprint density at radius 2 is 1.34 bits per heavy atom. The van der Waals surface area contributed by atoms with Crippen LogP contribution in [-0.2, 0) is 23.9 Å². The van der Waals surface area contributed by atoms with E-state index >= 15 is 0 Å². The average Bonchev–Trinajstić information content (AvgIpc) is 2.69. The van der Waals surface area contributed by atoms with Crippen molar-refractivity contribution in [1.29, 1.82) is 0 Å². The van der Waals surface area contributed by atoms with Crippen LogP contribution in [-0.4, -0.2) is 60.9 Å². The number of Topliss-reactive ketones (excluding diaryl/α,β-unsaturated/α-hetero) is 1. The molecule has 6 nitrogen and oxygen atoms in total. The van der Waals surface area contributed by atoms with Gasteiger partial charge in [-0.05, 0) is 73.7 Å². The molecule has 0 heterocycles. The molecule has 0 bridgehead atoms. The lowest BCUT2D eigenvalue weighted by Gasteiger charge is -2.36. The summed E-state index contributed by atoms with van der Waals surface area (Å²) in [7, 11) is 7.10. The summed E-state index contributed by atoms with van der Waals surface area (Å²) < 4.78 is 5.81. The van der Waals surface area contributed by atoms with Crippen LogP contribution in [0.15, 0.2) is 11.1 Å². The van der Waals surface area contributed by atoms with Crippen molar-refractivity contribution in [3.05, 3.63) is 11.1 Å². The number of amides is 1. The van der Waals surface area contributed by atoms with Crippen molar-refractivity contribution in [3.8, 4) is 0 Å². The van der Waals surface area contributed by atoms with Gasteiger partial charge in [0.15, 0.2) is 10.9 Å². The highest BCUT2D eigenvalue weighted by Gasteiger charge is 2.45. The molecule has 0 saturated heterocycles. The summed E-state index contributed by atoms with van der Waals surface area (Å²) in [6.07, 6.45) is 1.65. The summed E-state index contributed by atoms with van der Waals surface area (Å²) in [6, 6.07) is 0. The number of allylic oxidation sites excluding steroid dienone is 1. The number of carbonyl (C=O) groups excluding carboxylic acids is 4. The molecule has 0 saturated carbocycles. The molecule has 1 amide bonds. The topological polar surface area (TPSA) is 80.8 Å². The molecule has 0 aromatic heterocycles. The Bertz CT molecular complexity index is 796. The Labute approximate surface area is 199 Å². The van der Waals surface area contributed by atoms with E-state index in [1.165, 1.54) is 18.7 Å². The molecular weight excluding hydrogens is 425 g/mol. The quantitative estimate of drug-likeness (QED) is 0.209. The van der Waals surface area contributed by atoms with Crippen molar-refractivity contribution in [3.63, 3.8) is 0 Å². The van der Waals surface area contributed by atoms with Gasteiger partial charge in [-0.25, -0.2) is 0 Å². The lowest BCUT2D eigenvalue weighted by atomic mass is 9.76. The number of ketones is 1. The summed E-state index contributed by atoms with van der Waals surface area (Å²) in [6.45, 7) is 17.2. The number of nitrogens with zero attached hydrogens (tertiary/aromatic N) is 1. The average molecular weight is 465 g/mol. The Morgan fingerprint density at radius 1 is 0.875 bits per heavy atom. The molecule has 8 heteroatoms. The number of rotatable bonds is 10. The molecule has 0 N–H and O–H groups in total. The van der Waals surface area contributed by atoms with Crippen LogP contribution in [0.1, 0.15) is 75.7 Å². The van der Waals surface area contributed by atoms with Gasteiger partial charge in [0.05, 0.1) is 18.7 Å². The van der Waals surface area contributed by atoms with E-state index in [0.29, 0.717) is 0 Å². The maximum atomic E-state index is 13.1. The molecule has 0 aromatic carbocycles. The Morgan fingerprint density at radius 3 is 1.75 bits per heavy atom. The van der Waals surface area contributed by atoms with Crippen LogP contribution in [0.3, 0.4) is 0 Å². The highest BCUT2D eigenvalue weighted by molar-refractivity contribution is 8.13. The third kappa shape index (κ3) is 6.72. The number of hydrogen-bond donors (Lipinski definition) is 0. The molecule has 0 aliphatic rings. The SMILES string of the molecule is [B]CN(C)C(=O)C(C)(C)CC(=O)C(C)(C)C(=O)OC(C)(C)C(C)=C(C)C(C)(C)C(=O)SC. The Balaban J connectivity index is 5.77. The van der Waals surface area contributed by atoms with E-state index in [0.717, 1.165) is 22.9 Å². The number of ether oxygens (including phenoxy) is 1. The van der Waals surface area contributed by atoms with Gasteiger partial charge < -0.3 is 9.64 Å². The number of thioether (sulfide) groups is 1. The van der Waals surface area contributed by atoms with E-state index in [4.69, 9.17) is 12.6 Å². The zero-order valence-corrected chi connectivity index (χ0v) is 22.7. The van der Waals surface area contributed by atoms with E-state index in [1.54, 1.807) is 41.0 Å². The molecule has 0 atom stereocenters. The van der Waals surface area contributed by atoms with Crippen LogP contribution >= 0.6 is 11.8 Å². The molecular formula is C24H40BNO5S. The van der Waals surface area contributed by atoms with Gasteiger partial charge in [-0.1, -0.05) is 31.2 Å². The number of hydrogen-bond acceptors (Lipinski definition) is 6. The number of carbonyl (C=O) groups is 4. The van der Waals surface area contributed by atoms with Gasteiger partial charge in [0.2, 0.25) is 5.91 Å². The molecule has 180 valence electrons. The van der Waals surface area contributed by atoms with Crippen LogP contribution in [0, 0.1) is 16.2 Å². The van der Waals surface area contributed by atoms with Crippen LogP contribution in [0.2, 0.25) is 0 Å². The first kappa shape index (κ1) is 30.4. The maximum absolute atomic E-state index is 13.1. The van der Waals surface area contributed by atoms with Crippen molar-refractivity contribution in [2.24, 2.45) is 16.2 Å². The third-order valence-corrected chi connectivity index (χ3v) is 7.34. The molecule has 2 radical (unpaired) electrons. The summed E-state index contributed by atoms with van der Waals surface area (Å²) in [5.41, 5.74) is -2.64. The second-order valence-corrected chi connectivity index (χ2v) is 11.3. The largest absolute Gasteiger partial charge is 0.454 e. The van der Waals surface area contributed by atoms with Gasteiger partial charge in [0.1, 0.15) is 11.0 Å². The summed E-state index contributed by atoms with van der Waals surface area (Å²) in [4.78, 5) is 52.4. The fourth-order valence-corrected chi connectivity index (χ4v) is 3.84. The lowest BCUT2D eigenvalue weighted by molar-refractivity contribution is -0.168. The fraction of sp³-hybridized carbons (Fsp3) is 0.750. The summed E-state index contributed by atoms with van der Waals surface area (Å²) in [5, 5.41) is 0.0151. The van der Waals surface area contributed by atoms with Gasteiger partial charge in [-0.3, -0.25) is 19.2 Å². The maximum Gasteiger partial charge on any atom is 0.319 e. The molecule has 0 aliphatic carbocycles. The monoisotopic (exact) mass is 465 g/mol. The minimum absolute atomic E-state index is 0.0151. The minimum atomic E-state index is -1.45. The molecule has 0 aromatic rings. The summed E-state index contributed by atoms with van der Waals surface area (Å²) in [5.74, 6) is -1.34. The molecule has 0 rings (SSSR count). The number of esters is 1. The van der Waals surface area contributed by atoms with Crippen LogP contribution in [0.4, 0.5) is 0 Å². The van der Waals surface area contributed by atoms with Crippen molar-refractivity contribution in [1.82, 2.24) is 4.90 Å². The smallest absolute Gasteiger partial charge is 0.319 e. The van der Waals surface area contributed by atoms with E-state index < -0.39 is 33.6 Å². The second-order valence-electron chi connectivity index (χ2n) is 10.6. The Kier molecular flexibility index (Phi) is 10.1. The second kappa shape index (κ2) is 10.6. The van der Waals surface area contributed by atoms with Gasteiger partial charge in [-0.15, -0.1) is 0 Å². The Hall–Kier alpha value is -1.57. The standard InChI is InChI=1S/C24H40BNO5S/c1-15(22(5,6)20(30)32-12)16(2)24(9,10)31-19(29)23(7,8)17(27)13-21(3,4)18(28)26(11)14-25/h13-14H2,1-12H3.